The van der Waals surface area contributed by atoms with Crippen LogP contribution in [0.2, 0.25) is 0 Å². The summed E-state index contributed by atoms with van der Waals surface area (Å²) in [6.07, 6.45) is 2.82. The first-order chi connectivity index (χ1) is 8.74. The van der Waals surface area contributed by atoms with Crippen molar-refractivity contribution < 1.29 is 19.4 Å². The van der Waals surface area contributed by atoms with Gasteiger partial charge in [-0.2, -0.15) is 0 Å². The van der Waals surface area contributed by atoms with Crippen LogP contribution in [0.4, 0.5) is 0 Å². The Morgan fingerprint density at radius 2 is 1.95 bits per heavy atom. The summed E-state index contributed by atoms with van der Waals surface area (Å²) in [6, 6.07) is 0. The van der Waals surface area contributed by atoms with Crippen LogP contribution in [0.3, 0.4) is 0 Å². The van der Waals surface area contributed by atoms with Gasteiger partial charge in [0.25, 0.3) is 0 Å². The summed E-state index contributed by atoms with van der Waals surface area (Å²) >= 11 is 0. The number of furan rings is 1. The van der Waals surface area contributed by atoms with Crippen molar-refractivity contribution in [3.8, 4) is 0 Å². The Bertz CT molecular complexity index is 589. The number of carbonyl (C=O) groups excluding carboxylic acids is 1. The second kappa shape index (κ2) is 3.58. The quantitative estimate of drug-likeness (QED) is 0.753. The Hall–Kier alpha value is -1.39. The van der Waals surface area contributed by atoms with Crippen LogP contribution < -0.4 is 0 Å². The SMILES string of the molecule is CC1(C)CC2=C(C1)[C@](C)(O)[C@H](O)c1cocc1C2=O. The summed E-state index contributed by atoms with van der Waals surface area (Å²) in [6.45, 7) is 5.70. The van der Waals surface area contributed by atoms with E-state index in [4.69, 9.17) is 4.42 Å². The molecule has 0 amide bonds. The Morgan fingerprint density at radius 1 is 1.26 bits per heavy atom. The van der Waals surface area contributed by atoms with Crippen molar-refractivity contribution in [2.24, 2.45) is 5.41 Å². The topological polar surface area (TPSA) is 70.7 Å². The monoisotopic (exact) mass is 262 g/mol. The maximum absolute atomic E-state index is 12.6. The van der Waals surface area contributed by atoms with Crippen LogP contribution in [-0.4, -0.2) is 21.6 Å². The smallest absolute Gasteiger partial charge is 0.192 e. The zero-order valence-electron chi connectivity index (χ0n) is 11.4. The average Bonchev–Trinajstić information content (AvgIpc) is 2.89. The molecule has 0 radical (unpaired) electrons. The van der Waals surface area contributed by atoms with Gasteiger partial charge >= 0.3 is 0 Å². The maximum atomic E-state index is 12.6. The van der Waals surface area contributed by atoms with Crippen molar-refractivity contribution in [1.29, 1.82) is 0 Å². The number of aliphatic hydroxyl groups is 2. The minimum absolute atomic E-state index is 0.0642. The molecule has 2 aliphatic rings. The van der Waals surface area contributed by atoms with Gasteiger partial charge in [0.1, 0.15) is 18.0 Å². The first kappa shape index (κ1) is 12.6. The van der Waals surface area contributed by atoms with Crippen LogP contribution in [0.1, 0.15) is 55.6 Å². The number of hydrogen-bond acceptors (Lipinski definition) is 4. The number of ketones is 1. The van der Waals surface area contributed by atoms with Crippen molar-refractivity contribution in [2.45, 2.75) is 45.3 Å². The lowest BCUT2D eigenvalue weighted by Gasteiger charge is -2.31. The number of rotatable bonds is 0. The average molecular weight is 262 g/mol. The first-order valence-corrected chi connectivity index (χ1v) is 6.48. The molecule has 0 spiro atoms. The summed E-state index contributed by atoms with van der Waals surface area (Å²) < 4.78 is 5.04. The minimum Gasteiger partial charge on any atom is -0.471 e. The first-order valence-electron chi connectivity index (χ1n) is 6.48. The van der Waals surface area contributed by atoms with Gasteiger partial charge in [0.2, 0.25) is 0 Å². The van der Waals surface area contributed by atoms with E-state index in [-0.39, 0.29) is 11.2 Å². The van der Waals surface area contributed by atoms with Gasteiger partial charge in [0, 0.05) is 11.1 Å². The highest BCUT2D eigenvalue weighted by atomic mass is 16.3. The van der Waals surface area contributed by atoms with E-state index in [0.29, 0.717) is 35.1 Å². The highest BCUT2D eigenvalue weighted by Gasteiger charge is 2.49. The Morgan fingerprint density at radius 3 is 2.63 bits per heavy atom. The van der Waals surface area contributed by atoms with E-state index in [0.717, 1.165) is 0 Å². The minimum atomic E-state index is -1.42. The van der Waals surface area contributed by atoms with Gasteiger partial charge in [-0.25, -0.2) is 0 Å². The molecule has 0 fully saturated rings. The van der Waals surface area contributed by atoms with Gasteiger partial charge in [-0.05, 0) is 30.8 Å². The maximum Gasteiger partial charge on any atom is 0.192 e. The second-order valence-corrected chi connectivity index (χ2v) is 6.59. The number of aliphatic hydroxyl groups excluding tert-OH is 1. The van der Waals surface area contributed by atoms with Crippen molar-refractivity contribution in [3.05, 3.63) is 34.8 Å². The number of fused-ring (bicyclic) bond motifs is 1. The van der Waals surface area contributed by atoms with Gasteiger partial charge in [0.05, 0.1) is 11.8 Å². The number of hydrogen-bond donors (Lipinski definition) is 2. The fourth-order valence-corrected chi connectivity index (χ4v) is 3.27. The van der Waals surface area contributed by atoms with Crippen LogP contribution in [0.25, 0.3) is 0 Å². The summed E-state index contributed by atoms with van der Waals surface area (Å²) in [5, 5.41) is 21.1. The molecule has 102 valence electrons. The number of allylic oxidation sites excluding steroid dienone is 1. The summed E-state index contributed by atoms with van der Waals surface area (Å²) in [4.78, 5) is 12.6. The van der Waals surface area contributed by atoms with Crippen molar-refractivity contribution in [3.63, 3.8) is 0 Å². The molecule has 0 aliphatic heterocycles. The molecular weight excluding hydrogens is 244 g/mol. The molecule has 0 saturated carbocycles. The third-order valence-corrected chi connectivity index (χ3v) is 4.32. The molecule has 1 heterocycles. The molecule has 3 rings (SSSR count). The molecule has 19 heavy (non-hydrogen) atoms. The Labute approximate surface area is 111 Å². The fourth-order valence-electron chi connectivity index (χ4n) is 3.27. The normalized spacial score (nSPS) is 33.1. The Balaban J connectivity index is 2.23. The van der Waals surface area contributed by atoms with Gasteiger partial charge in [0.15, 0.2) is 5.78 Å². The summed E-state index contributed by atoms with van der Waals surface area (Å²) in [7, 11) is 0. The van der Waals surface area contributed by atoms with E-state index in [1.807, 2.05) is 0 Å². The molecule has 1 aromatic rings. The predicted molar refractivity (Wildman–Crippen MR) is 68.7 cm³/mol. The van der Waals surface area contributed by atoms with E-state index >= 15 is 0 Å². The van der Waals surface area contributed by atoms with Crippen molar-refractivity contribution in [1.82, 2.24) is 0 Å². The molecule has 2 atom stereocenters. The van der Waals surface area contributed by atoms with E-state index in [2.05, 4.69) is 13.8 Å². The third-order valence-electron chi connectivity index (χ3n) is 4.32. The van der Waals surface area contributed by atoms with Gasteiger partial charge in [-0.1, -0.05) is 13.8 Å². The summed E-state index contributed by atoms with van der Waals surface area (Å²) in [5.41, 5.74) is 0.567. The molecular formula is C15H18O4. The number of carbonyl (C=O) groups is 1. The van der Waals surface area contributed by atoms with Crippen LogP contribution in [0, 0.1) is 5.41 Å². The lowest BCUT2D eigenvalue weighted by atomic mass is 9.81. The van der Waals surface area contributed by atoms with Crippen molar-refractivity contribution in [2.75, 3.05) is 0 Å². The van der Waals surface area contributed by atoms with Gasteiger partial charge < -0.3 is 14.6 Å². The van der Waals surface area contributed by atoms with E-state index < -0.39 is 11.7 Å². The number of Topliss-reactive ketones (excluding diaryl/α,β-unsaturated/α-hetero) is 1. The van der Waals surface area contributed by atoms with Crippen LogP contribution in [0.15, 0.2) is 28.1 Å². The molecule has 0 unspecified atom stereocenters. The highest BCUT2D eigenvalue weighted by molar-refractivity contribution is 6.11. The zero-order valence-corrected chi connectivity index (χ0v) is 11.4. The van der Waals surface area contributed by atoms with E-state index in [1.165, 1.54) is 12.5 Å². The van der Waals surface area contributed by atoms with Crippen LogP contribution >= 0.6 is 0 Å². The fraction of sp³-hybridized carbons (Fsp3) is 0.533. The molecule has 1 aromatic heterocycles. The largest absolute Gasteiger partial charge is 0.471 e. The van der Waals surface area contributed by atoms with Gasteiger partial charge in [-0.15, -0.1) is 0 Å². The van der Waals surface area contributed by atoms with Crippen molar-refractivity contribution >= 4 is 5.78 Å². The lowest BCUT2D eigenvalue weighted by molar-refractivity contribution is -0.0391. The highest BCUT2D eigenvalue weighted by Crippen LogP contribution is 2.51. The molecule has 4 nitrogen and oxygen atoms in total. The predicted octanol–water partition coefficient (Wildman–Crippen LogP) is 2.38. The molecule has 2 N–H and O–H groups in total. The standard InChI is InChI=1S/C15H18O4/c1-14(2)4-8-11(5-14)15(3,18)13(17)10-7-19-6-9(10)12(8)16/h6-7,13,17-18H,4-5H2,1-3H3/t13-,15+/m1/s1. The second-order valence-electron chi connectivity index (χ2n) is 6.59. The third kappa shape index (κ3) is 1.63. The summed E-state index contributed by atoms with van der Waals surface area (Å²) in [5.74, 6) is -0.124. The molecule has 0 aromatic carbocycles. The van der Waals surface area contributed by atoms with Crippen LogP contribution in [-0.2, 0) is 0 Å². The van der Waals surface area contributed by atoms with Gasteiger partial charge in [-0.3, -0.25) is 4.79 Å². The molecule has 0 saturated heterocycles. The zero-order chi connectivity index (χ0) is 14.0. The van der Waals surface area contributed by atoms with Crippen LogP contribution in [0.5, 0.6) is 0 Å². The van der Waals surface area contributed by atoms with E-state index in [1.54, 1.807) is 6.92 Å². The van der Waals surface area contributed by atoms with E-state index in [9.17, 15) is 15.0 Å². The molecule has 2 aliphatic carbocycles. The lowest BCUT2D eigenvalue weighted by Crippen LogP contribution is -2.35. The Kier molecular flexibility index (Phi) is 2.38. The molecule has 4 heteroatoms. The molecule has 0 bridgehead atoms.